The molecule has 1 fully saturated rings. The molecule has 0 aromatic carbocycles. The van der Waals surface area contributed by atoms with Crippen LogP contribution in [0.25, 0.3) is 0 Å². The molecule has 1 rings (SSSR count). The van der Waals surface area contributed by atoms with Crippen LogP contribution in [0.1, 0.15) is 52.9 Å². The number of unbranched alkanes of at least 4 members (excludes halogenated alkanes) is 1. The maximum Gasteiger partial charge on any atom is 0.191 e. The molecule has 0 radical (unpaired) electrons. The average molecular weight is 228 g/mol. The van der Waals surface area contributed by atoms with E-state index in [-0.39, 0.29) is 0 Å². The van der Waals surface area contributed by atoms with Crippen molar-refractivity contribution in [3.63, 3.8) is 0 Å². The minimum absolute atomic E-state index is 0.365. The van der Waals surface area contributed by atoms with Gasteiger partial charge in [0.1, 0.15) is 0 Å². The van der Waals surface area contributed by atoms with Crippen molar-refractivity contribution >= 4 is 8.32 Å². The zero-order valence-electron chi connectivity index (χ0n) is 11.2. The van der Waals surface area contributed by atoms with Crippen LogP contribution in [0.2, 0.25) is 18.1 Å². The van der Waals surface area contributed by atoms with E-state index in [1.54, 1.807) is 0 Å². The maximum atomic E-state index is 6.14. The lowest BCUT2D eigenvalue weighted by Gasteiger charge is -2.36. The molecule has 0 bridgehead atoms. The van der Waals surface area contributed by atoms with E-state index in [0.717, 1.165) is 12.5 Å². The van der Waals surface area contributed by atoms with Crippen molar-refractivity contribution in [3.05, 3.63) is 0 Å². The minimum atomic E-state index is -1.47. The predicted molar refractivity (Wildman–Crippen MR) is 69.7 cm³/mol. The van der Waals surface area contributed by atoms with Gasteiger partial charge in [0, 0.05) is 6.61 Å². The van der Waals surface area contributed by atoms with E-state index in [4.69, 9.17) is 4.43 Å². The summed E-state index contributed by atoms with van der Waals surface area (Å²) >= 11 is 0. The Morgan fingerprint density at radius 2 is 1.73 bits per heavy atom. The highest BCUT2D eigenvalue weighted by molar-refractivity contribution is 6.74. The van der Waals surface area contributed by atoms with E-state index in [0.29, 0.717) is 5.04 Å². The lowest BCUT2D eigenvalue weighted by Crippen LogP contribution is -2.40. The first-order chi connectivity index (χ1) is 6.83. The van der Waals surface area contributed by atoms with E-state index < -0.39 is 8.32 Å². The van der Waals surface area contributed by atoms with Crippen molar-refractivity contribution in [1.29, 1.82) is 0 Å². The number of rotatable bonds is 6. The van der Waals surface area contributed by atoms with Crippen LogP contribution in [0, 0.1) is 5.92 Å². The van der Waals surface area contributed by atoms with E-state index >= 15 is 0 Å². The zero-order valence-corrected chi connectivity index (χ0v) is 12.2. The molecule has 0 aromatic rings. The Balaban J connectivity index is 2.06. The summed E-state index contributed by atoms with van der Waals surface area (Å²) in [7, 11) is -1.47. The molecule has 0 spiro atoms. The maximum absolute atomic E-state index is 6.14. The summed E-state index contributed by atoms with van der Waals surface area (Å²) in [6.45, 7) is 12.6. The van der Waals surface area contributed by atoms with Gasteiger partial charge >= 0.3 is 0 Å². The van der Waals surface area contributed by atoms with Crippen LogP contribution in [0.3, 0.4) is 0 Å². The molecule has 0 unspecified atom stereocenters. The Kier molecular flexibility index (Phi) is 4.42. The van der Waals surface area contributed by atoms with E-state index in [2.05, 4.69) is 33.9 Å². The zero-order chi connectivity index (χ0) is 11.5. The molecule has 90 valence electrons. The summed E-state index contributed by atoms with van der Waals surface area (Å²) in [5, 5.41) is 0.365. The molecule has 1 saturated carbocycles. The summed E-state index contributed by atoms with van der Waals surface area (Å²) in [5.74, 6) is 1.08. The molecule has 2 heteroatoms. The molecule has 0 saturated heterocycles. The topological polar surface area (TPSA) is 9.23 Å². The number of hydrogen-bond acceptors (Lipinski definition) is 1. The summed E-state index contributed by atoms with van der Waals surface area (Å²) in [6, 6.07) is 0. The van der Waals surface area contributed by atoms with Crippen molar-refractivity contribution < 1.29 is 4.43 Å². The SMILES string of the molecule is CC(C)(C)[Si](C)(C)OCCCCC1CC1. The second-order valence-electron chi connectivity index (χ2n) is 6.55. The fourth-order valence-corrected chi connectivity index (χ4v) is 2.57. The van der Waals surface area contributed by atoms with Crippen molar-refractivity contribution in [2.75, 3.05) is 6.61 Å². The van der Waals surface area contributed by atoms with Gasteiger partial charge in [-0.3, -0.25) is 0 Å². The Morgan fingerprint density at radius 3 is 2.20 bits per heavy atom. The second kappa shape index (κ2) is 5.01. The quantitative estimate of drug-likeness (QED) is 0.477. The van der Waals surface area contributed by atoms with Gasteiger partial charge in [-0.25, -0.2) is 0 Å². The first-order valence-corrected chi connectivity index (χ1v) is 9.38. The lowest BCUT2D eigenvalue weighted by molar-refractivity contribution is 0.277. The first kappa shape index (κ1) is 13.2. The van der Waals surface area contributed by atoms with Crippen LogP contribution in [0.5, 0.6) is 0 Å². The lowest BCUT2D eigenvalue weighted by atomic mass is 10.2. The fraction of sp³-hybridized carbons (Fsp3) is 1.00. The molecule has 0 atom stereocenters. The fourth-order valence-electron chi connectivity index (χ4n) is 1.49. The van der Waals surface area contributed by atoms with Gasteiger partial charge in [0.2, 0.25) is 0 Å². The standard InChI is InChI=1S/C13H28OSi/c1-13(2,3)15(4,5)14-11-7-6-8-12-9-10-12/h12H,6-11H2,1-5H3. The molecule has 0 heterocycles. The van der Waals surface area contributed by atoms with Crippen LogP contribution < -0.4 is 0 Å². The Labute approximate surface area is 96.7 Å². The third-order valence-corrected chi connectivity index (χ3v) is 8.51. The van der Waals surface area contributed by atoms with Crippen LogP contribution in [0.4, 0.5) is 0 Å². The predicted octanol–water partition coefficient (Wildman–Crippen LogP) is 4.59. The molecule has 1 nitrogen and oxygen atoms in total. The van der Waals surface area contributed by atoms with Gasteiger partial charge in [-0.2, -0.15) is 0 Å². The third kappa shape index (κ3) is 4.69. The molecule has 15 heavy (non-hydrogen) atoms. The third-order valence-electron chi connectivity index (χ3n) is 3.97. The minimum Gasteiger partial charge on any atom is -0.417 e. The second-order valence-corrected chi connectivity index (χ2v) is 11.4. The van der Waals surface area contributed by atoms with Gasteiger partial charge in [-0.1, -0.05) is 46.5 Å². The summed E-state index contributed by atoms with van der Waals surface area (Å²) in [4.78, 5) is 0. The molecule has 0 N–H and O–H groups in total. The largest absolute Gasteiger partial charge is 0.417 e. The molecule has 1 aliphatic carbocycles. The van der Waals surface area contributed by atoms with Gasteiger partial charge < -0.3 is 4.43 Å². The van der Waals surface area contributed by atoms with Gasteiger partial charge in [-0.15, -0.1) is 0 Å². The van der Waals surface area contributed by atoms with Gasteiger partial charge in [0.15, 0.2) is 8.32 Å². The Bertz CT molecular complexity index is 189. The molecule has 0 aliphatic heterocycles. The molecular formula is C13H28OSi. The van der Waals surface area contributed by atoms with Crippen LogP contribution >= 0.6 is 0 Å². The van der Waals surface area contributed by atoms with Gasteiger partial charge in [0.25, 0.3) is 0 Å². The van der Waals surface area contributed by atoms with E-state index in [9.17, 15) is 0 Å². The Hall–Kier alpha value is 0.177. The van der Waals surface area contributed by atoms with E-state index in [1.165, 1.54) is 32.1 Å². The monoisotopic (exact) mass is 228 g/mol. The average Bonchev–Trinajstić information content (AvgIpc) is 2.85. The van der Waals surface area contributed by atoms with Crippen LogP contribution in [0.15, 0.2) is 0 Å². The van der Waals surface area contributed by atoms with Crippen LogP contribution in [-0.2, 0) is 4.43 Å². The van der Waals surface area contributed by atoms with Crippen LogP contribution in [-0.4, -0.2) is 14.9 Å². The summed E-state index contributed by atoms with van der Waals surface area (Å²) in [6.07, 6.45) is 7.06. The molecule has 0 aromatic heterocycles. The van der Waals surface area contributed by atoms with Gasteiger partial charge in [0.05, 0.1) is 0 Å². The van der Waals surface area contributed by atoms with Crippen molar-refractivity contribution in [2.24, 2.45) is 5.92 Å². The molecule has 1 aliphatic rings. The number of hydrogen-bond donors (Lipinski definition) is 0. The molecule has 0 amide bonds. The Morgan fingerprint density at radius 1 is 1.13 bits per heavy atom. The highest BCUT2D eigenvalue weighted by Crippen LogP contribution is 2.37. The first-order valence-electron chi connectivity index (χ1n) is 6.47. The normalized spacial score (nSPS) is 18.2. The smallest absolute Gasteiger partial charge is 0.191 e. The van der Waals surface area contributed by atoms with Crippen molar-refractivity contribution in [3.8, 4) is 0 Å². The van der Waals surface area contributed by atoms with Crippen molar-refractivity contribution in [2.45, 2.75) is 71.0 Å². The summed E-state index contributed by atoms with van der Waals surface area (Å²) < 4.78 is 6.14. The molecular weight excluding hydrogens is 200 g/mol. The van der Waals surface area contributed by atoms with Crippen molar-refractivity contribution in [1.82, 2.24) is 0 Å². The van der Waals surface area contributed by atoms with E-state index in [1.807, 2.05) is 0 Å². The highest BCUT2D eigenvalue weighted by Gasteiger charge is 2.36. The summed E-state index contributed by atoms with van der Waals surface area (Å²) in [5.41, 5.74) is 0. The highest BCUT2D eigenvalue weighted by atomic mass is 28.4. The van der Waals surface area contributed by atoms with Gasteiger partial charge in [-0.05, 0) is 30.5 Å².